The largest absolute Gasteiger partial charge is 0.496 e. The van der Waals surface area contributed by atoms with Crippen molar-refractivity contribution in [3.05, 3.63) is 41.5 Å². The zero-order valence-electron chi connectivity index (χ0n) is 17.2. The number of hydrogen-bond donors (Lipinski definition) is 1. The number of para-hydroxylation sites is 1. The topological polar surface area (TPSA) is 80.5 Å². The summed E-state index contributed by atoms with van der Waals surface area (Å²) in [6, 6.07) is 7.88. The van der Waals surface area contributed by atoms with Crippen molar-refractivity contribution in [2.75, 3.05) is 26.7 Å². The summed E-state index contributed by atoms with van der Waals surface area (Å²) in [5.41, 5.74) is 0.901. The van der Waals surface area contributed by atoms with Crippen LogP contribution in [0.2, 0.25) is 0 Å². The van der Waals surface area contributed by atoms with Gasteiger partial charge in [0.25, 0.3) is 0 Å². The maximum atomic E-state index is 12.9. The predicted molar refractivity (Wildman–Crippen MR) is 106 cm³/mol. The number of ether oxygens (including phenoxy) is 1. The van der Waals surface area contributed by atoms with Gasteiger partial charge in [0.15, 0.2) is 5.82 Å². The zero-order chi connectivity index (χ0) is 20.1. The van der Waals surface area contributed by atoms with E-state index in [0.717, 1.165) is 24.4 Å². The van der Waals surface area contributed by atoms with E-state index in [1.54, 1.807) is 7.11 Å². The second kappa shape index (κ2) is 8.73. The molecule has 0 aliphatic carbocycles. The van der Waals surface area contributed by atoms with Crippen LogP contribution in [-0.2, 0) is 16.6 Å². The van der Waals surface area contributed by atoms with Gasteiger partial charge in [-0.25, -0.2) is 0 Å². The SMILES string of the molecule is COc1ccccc1C1CNCCN1C(=O)CCCc1nc(C(C)(C)C)no1. The first-order valence-corrected chi connectivity index (χ1v) is 9.86. The Morgan fingerprint density at radius 1 is 1.36 bits per heavy atom. The summed E-state index contributed by atoms with van der Waals surface area (Å²) >= 11 is 0. The summed E-state index contributed by atoms with van der Waals surface area (Å²) in [5.74, 6) is 2.26. The summed E-state index contributed by atoms with van der Waals surface area (Å²) in [6.07, 6.45) is 1.76. The third-order valence-corrected chi connectivity index (χ3v) is 4.98. The number of carbonyl (C=O) groups excluding carboxylic acids is 1. The van der Waals surface area contributed by atoms with Crippen LogP contribution in [0, 0.1) is 0 Å². The fourth-order valence-corrected chi connectivity index (χ4v) is 3.42. The van der Waals surface area contributed by atoms with E-state index in [-0.39, 0.29) is 17.4 Å². The first-order valence-electron chi connectivity index (χ1n) is 9.86. The van der Waals surface area contributed by atoms with E-state index in [0.29, 0.717) is 37.5 Å². The number of methoxy groups -OCH3 is 1. The number of carbonyl (C=O) groups is 1. The molecule has 1 fully saturated rings. The van der Waals surface area contributed by atoms with E-state index in [4.69, 9.17) is 9.26 Å². The van der Waals surface area contributed by atoms with Crippen LogP contribution in [0.3, 0.4) is 0 Å². The Balaban J connectivity index is 1.61. The highest BCUT2D eigenvalue weighted by Gasteiger charge is 2.29. The average molecular weight is 386 g/mol. The lowest BCUT2D eigenvalue weighted by Gasteiger charge is -2.37. The molecule has 152 valence electrons. The van der Waals surface area contributed by atoms with Crippen molar-refractivity contribution in [2.45, 2.75) is 51.5 Å². The van der Waals surface area contributed by atoms with E-state index in [1.807, 2.05) is 49.9 Å². The van der Waals surface area contributed by atoms with Crippen molar-refractivity contribution < 1.29 is 14.1 Å². The van der Waals surface area contributed by atoms with Crippen LogP contribution < -0.4 is 10.1 Å². The average Bonchev–Trinajstić information content (AvgIpc) is 3.17. The molecule has 2 heterocycles. The van der Waals surface area contributed by atoms with Gasteiger partial charge in [0.1, 0.15) is 5.75 Å². The second-order valence-electron chi connectivity index (χ2n) is 8.16. The van der Waals surface area contributed by atoms with Gasteiger partial charge in [0, 0.05) is 43.5 Å². The number of aryl methyl sites for hydroxylation is 1. The Hall–Kier alpha value is -2.41. The molecular formula is C21H30N4O3. The minimum atomic E-state index is -0.139. The summed E-state index contributed by atoms with van der Waals surface area (Å²) in [4.78, 5) is 19.3. The quantitative estimate of drug-likeness (QED) is 0.822. The molecule has 1 saturated heterocycles. The van der Waals surface area contributed by atoms with Gasteiger partial charge in [-0.15, -0.1) is 0 Å². The minimum Gasteiger partial charge on any atom is -0.496 e. The Bertz CT molecular complexity index is 797. The molecule has 1 atom stereocenters. The number of hydrogen-bond acceptors (Lipinski definition) is 6. The fraction of sp³-hybridized carbons (Fsp3) is 0.571. The highest BCUT2D eigenvalue weighted by molar-refractivity contribution is 5.77. The van der Waals surface area contributed by atoms with E-state index >= 15 is 0 Å². The van der Waals surface area contributed by atoms with Gasteiger partial charge in [-0.2, -0.15) is 4.98 Å². The number of rotatable bonds is 6. The summed E-state index contributed by atoms with van der Waals surface area (Å²) in [6.45, 7) is 8.37. The molecule has 1 aliphatic rings. The number of nitrogens with one attached hydrogen (secondary N) is 1. The third-order valence-electron chi connectivity index (χ3n) is 4.98. The van der Waals surface area contributed by atoms with Crippen LogP contribution >= 0.6 is 0 Å². The van der Waals surface area contributed by atoms with Crippen molar-refractivity contribution in [1.82, 2.24) is 20.4 Å². The van der Waals surface area contributed by atoms with Gasteiger partial charge in [-0.05, 0) is 12.5 Å². The lowest BCUT2D eigenvalue weighted by Crippen LogP contribution is -2.48. The van der Waals surface area contributed by atoms with Crippen molar-refractivity contribution in [3.8, 4) is 5.75 Å². The molecule has 1 aromatic carbocycles. The van der Waals surface area contributed by atoms with E-state index in [1.165, 1.54) is 0 Å². The standard InChI is InChI=1S/C21H30N4O3/c1-21(2,3)20-23-18(28-24-20)10-7-11-19(26)25-13-12-22-14-16(25)15-8-5-6-9-17(15)27-4/h5-6,8-9,16,22H,7,10-14H2,1-4H3. The van der Waals surface area contributed by atoms with Crippen LogP contribution in [0.4, 0.5) is 0 Å². The summed E-state index contributed by atoms with van der Waals surface area (Å²) in [7, 11) is 1.66. The van der Waals surface area contributed by atoms with Crippen molar-refractivity contribution in [2.24, 2.45) is 0 Å². The van der Waals surface area contributed by atoms with Gasteiger partial charge in [0.05, 0.1) is 13.2 Å². The summed E-state index contributed by atoms with van der Waals surface area (Å²) in [5, 5.41) is 7.43. The fourth-order valence-electron chi connectivity index (χ4n) is 3.42. The van der Waals surface area contributed by atoms with E-state index in [9.17, 15) is 4.79 Å². The molecule has 1 aromatic heterocycles. The molecule has 7 heteroatoms. The Morgan fingerprint density at radius 3 is 2.86 bits per heavy atom. The van der Waals surface area contributed by atoms with Gasteiger partial charge >= 0.3 is 0 Å². The van der Waals surface area contributed by atoms with Crippen LogP contribution in [-0.4, -0.2) is 47.7 Å². The predicted octanol–water partition coefficient (Wildman–Crippen LogP) is 2.87. The molecule has 0 saturated carbocycles. The Labute approximate surface area is 166 Å². The highest BCUT2D eigenvalue weighted by atomic mass is 16.5. The molecule has 0 spiro atoms. The molecular weight excluding hydrogens is 356 g/mol. The van der Waals surface area contributed by atoms with E-state index < -0.39 is 0 Å². The van der Waals surface area contributed by atoms with Crippen molar-refractivity contribution in [3.63, 3.8) is 0 Å². The Kier molecular flexibility index (Phi) is 6.34. The first kappa shape index (κ1) is 20.3. The Morgan fingerprint density at radius 2 is 2.14 bits per heavy atom. The molecule has 1 aliphatic heterocycles. The van der Waals surface area contributed by atoms with Gasteiger partial charge in [0.2, 0.25) is 11.8 Å². The molecule has 2 aromatic rings. The lowest BCUT2D eigenvalue weighted by molar-refractivity contribution is -0.134. The molecule has 1 amide bonds. The number of amides is 1. The van der Waals surface area contributed by atoms with Gasteiger partial charge in [-0.1, -0.05) is 44.1 Å². The minimum absolute atomic E-state index is 0.0201. The van der Waals surface area contributed by atoms with Crippen molar-refractivity contribution in [1.29, 1.82) is 0 Å². The number of benzene rings is 1. The number of nitrogens with zero attached hydrogens (tertiary/aromatic N) is 3. The van der Waals surface area contributed by atoms with Crippen LogP contribution in [0.5, 0.6) is 5.75 Å². The highest BCUT2D eigenvalue weighted by Crippen LogP contribution is 2.30. The molecule has 3 rings (SSSR count). The molecule has 0 radical (unpaired) electrons. The van der Waals surface area contributed by atoms with Crippen molar-refractivity contribution >= 4 is 5.91 Å². The van der Waals surface area contributed by atoms with Gasteiger partial charge < -0.3 is 19.5 Å². The smallest absolute Gasteiger partial charge is 0.226 e. The maximum absolute atomic E-state index is 12.9. The van der Waals surface area contributed by atoms with Crippen LogP contribution in [0.1, 0.15) is 56.9 Å². The number of piperazine rings is 1. The summed E-state index contributed by atoms with van der Waals surface area (Å²) < 4.78 is 10.8. The second-order valence-corrected chi connectivity index (χ2v) is 8.16. The zero-order valence-corrected chi connectivity index (χ0v) is 17.2. The maximum Gasteiger partial charge on any atom is 0.226 e. The molecule has 0 bridgehead atoms. The normalized spacial score (nSPS) is 17.6. The van der Waals surface area contributed by atoms with Gasteiger partial charge in [-0.3, -0.25) is 4.79 Å². The lowest BCUT2D eigenvalue weighted by atomic mass is 9.96. The van der Waals surface area contributed by atoms with Crippen LogP contribution in [0.15, 0.2) is 28.8 Å². The molecule has 28 heavy (non-hydrogen) atoms. The van der Waals surface area contributed by atoms with Crippen LogP contribution in [0.25, 0.3) is 0 Å². The number of aromatic nitrogens is 2. The first-order chi connectivity index (χ1) is 13.4. The monoisotopic (exact) mass is 386 g/mol. The molecule has 1 unspecified atom stereocenters. The third kappa shape index (κ3) is 4.70. The molecule has 7 nitrogen and oxygen atoms in total. The molecule has 1 N–H and O–H groups in total. The van der Waals surface area contributed by atoms with E-state index in [2.05, 4.69) is 15.5 Å².